The maximum atomic E-state index is 12.2. The first kappa shape index (κ1) is 14.8. The molecule has 5 nitrogen and oxygen atoms in total. The van der Waals surface area contributed by atoms with Gasteiger partial charge in [0.15, 0.2) is 0 Å². The van der Waals surface area contributed by atoms with Gasteiger partial charge in [-0.3, -0.25) is 0 Å². The van der Waals surface area contributed by atoms with Gasteiger partial charge in [0.05, 0.1) is 0 Å². The molecule has 1 fully saturated rings. The molecular weight excluding hydrogens is 324 g/mol. The lowest BCUT2D eigenvalue weighted by Gasteiger charge is -2.31. The first-order valence-corrected chi connectivity index (χ1v) is 7.26. The van der Waals surface area contributed by atoms with E-state index in [9.17, 15) is 14.7 Å². The molecule has 0 aliphatic carbocycles. The van der Waals surface area contributed by atoms with Crippen molar-refractivity contribution in [2.24, 2.45) is 0 Å². The van der Waals surface area contributed by atoms with E-state index in [2.05, 4.69) is 21.2 Å². The topological polar surface area (TPSA) is 69.6 Å². The van der Waals surface area contributed by atoms with E-state index in [4.69, 9.17) is 0 Å². The average molecular weight is 341 g/mol. The summed E-state index contributed by atoms with van der Waals surface area (Å²) in [4.78, 5) is 24.9. The molecule has 1 heterocycles. The summed E-state index contributed by atoms with van der Waals surface area (Å²) >= 11 is 3.37. The van der Waals surface area contributed by atoms with Gasteiger partial charge in [0.25, 0.3) is 0 Å². The number of carbonyl (C=O) groups is 2. The van der Waals surface area contributed by atoms with Crippen LogP contribution in [0.2, 0.25) is 0 Å². The molecule has 0 aromatic heterocycles. The molecule has 0 radical (unpaired) electrons. The Morgan fingerprint density at radius 2 is 2.25 bits per heavy atom. The van der Waals surface area contributed by atoms with Crippen molar-refractivity contribution in [3.8, 4) is 0 Å². The van der Waals surface area contributed by atoms with Gasteiger partial charge >= 0.3 is 12.0 Å². The van der Waals surface area contributed by atoms with Crippen molar-refractivity contribution in [2.45, 2.75) is 31.8 Å². The van der Waals surface area contributed by atoms with Crippen molar-refractivity contribution in [2.75, 3.05) is 6.54 Å². The summed E-state index contributed by atoms with van der Waals surface area (Å²) in [5.74, 6) is -0.951. The number of nitrogens with zero attached hydrogens (tertiary/aromatic N) is 1. The molecule has 1 aromatic rings. The zero-order chi connectivity index (χ0) is 14.8. The number of carboxylic acid groups (broad SMARTS) is 1. The number of nitrogens with one attached hydrogen (secondary N) is 1. The van der Waals surface area contributed by atoms with E-state index < -0.39 is 11.5 Å². The van der Waals surface area contributed by atoms with Crippen molar-refractivity contribution in [3.63, 3.8) is 0 Å². The van der Waals surface area contributed by atoms with Crippen LogP contribution < -0.4 is 5.32 Å². The van der Waals surface area contributed by atoms with Crippen LogP contribution in [-0.2, 0) is 11.3 Å². The molecule has 1 aliphatic rings. The number of carboxylic acids is 1. The Bertz CT molecular complexity index is 535. The molecule has 6 heteroatoms. The van der Waals surface area contributed by atoms with Crippen LogP contribution in [0, 0.1) is 0 Å². The van der Waals surface area contributed by atoms with Crippen molar-refractivity contribution in [3.05, 3.63) is 34.3 Å². The third-order valence-corrected chi connectivity index (χ3v) is 4.17. The fourth-order valence-corrected chi connectivity index (χ4v) is 2.88. The number of carbonyl (C=O) groups excluding carboxylic acids is 1. The quantitative estimate of drug-likeness (QED) is 0.888. The molecule has 2 rings (SSSR count). The Hall–Kier alpha value is -1.56. The summed E-state index contributed by atoms with van der Waals surface area (Å²) in [6, 6.07) is 7.30. The number of likely N-dealkylation sites (tertiary alicyclic amines) is 1. The smallest absolute Gasteiger partial charge is 0.329 e. The Morgan fingerprint density at radius 1 is 1.50 bits per heavy atom. The Morgan fingerprint density at radius 3 is 2.90 bits per heavy atom. The number of benzene rings is 1. The van der Waals surface area contributed by atoms with Crippen LogP contribution in [0.25, 0.3) is 0 Å². The molecular formula is C14H17BrN2O3. The summed E-state index contributed by atoms with van der Waals surface area (Å²) in [6.45, 7) is 2.46. The van der Waals surface area contributed by atoms with Crippen molar-refractivity contribution in [1.82, 2.24) is 10.2 Å². The first-order chi connectivity index (χ1) is 9.43. The minimum absolute atomic E-state index is 0.327. The monoisotopic (exact) mass is 340 g/mol. The maximum Gasteiger partial charge on any atom is 0.329 e. The van der Waals surface area contributed by atoms with Gasteiger partial charge in [0.2, 0.25) is 0 Å². The molecule has 108 valence electrons. The van der Waals surface area contributed by atoms with Gasteiger partial charge in [0.1, 0.15) is 5.54 Å². The number of amides is 2. The fraction of sp³-hybridized carbons (Fsp3) is 0.429. The van der Waals surface area contributed by atoms with Gasteiger partial charge in [-0.1, -0.05) is 28.1 Å². The number of rotatable bonds is 3. The van der Waals surface area contributed by atoms with E-state index in [0.29, 0.717) is 25.9 Å². The van der Waals surface area contributed by atoms with E-state index in [-0.39, 0.29) is 6.03 Å². The molecule has 0 bridgehead atoms. The van der Waals surface area contributed by atoms with Gasteiger partial charge in [-0.25, -0.2) is 9.59 Å². The Labute approximate surface area is 126 Å². The van der Waals surface area contributed by atoms with Crippen molar-refractivity contribution >= 4 is 27.9 Å². The van der Waals surface area contributed by atoms with E-state index in [0.717, 1.165) is 10.0 Å². The number of hydrogen-bond acceptors (Lipinski definition) is 2. The number of urea groups is 1. The van der Waals surface area contributed by atoms with Gasteiger partial charge in [-0.2, -0.15) is 0 Å². The third-order valence-electron chi connectivity index (χ3n) is 3.68. The minimum atomic E-state index is -1.10. The highest BCUT2D eigenvalue weighted by atomic mass is 79.9. The highest BCUT2D eigenvalue weighted by Crippen LogP contribution is 2.29. The molecule has 0 saturated carbocycles. The molecule has 1 aliphatic heterocycles. The predicted molar refractivity (Wildman–Crippen MR) is 78.4 cm³/mol. The number of hydrogen-bond donors (Lipinski definition) is 2. The zero-order valence-corrected chi connectivity index (χ0v) is 12.8. The van der Waals surface area contributed by atoms with Crippen LogP contribution in [0.4, 0.5) is 4.79 Å². The summed E-state index contributed by atoms with van der Waals surface area (Å²) in [6.07, 6.45) is 1.21. The fourth-order valence-electron chi connectivity index (χ4n) is 2.43. The SMILES string of the molecule is CC1(C(=O)O)CCCN1C(=O)NCc1cccc(Br)c1. The van der Waals surface area contributed by atoms with Crippen LogP contribution in [0.5, 0.6) is 0 Å². The molecule has 0 spiro atoms. The van der Waals surface area contributed by atoms with Crippen molar-refractivity contribution < 1.29 is 14.7 Å². The standard InChI is InChI=1S/C14H17BrN2O3/c1-14(12(18)19)6-3-7-17(14)13(20)16-9-10-4-2-5-11(15)8-10/h2,4-5,8H,3,6-7,9H2,1H3,(H,16,20)(H,18,19). The molecule has 2 N–H and O–H groups in total. The van der Waals surface area contributed by atoms with E-state index in [1.54, 1.807) is 6.92 Å². The second-order valence-electron chi connectivity index (χ2n) is 5.12. The average Bonchev–Trinajstić information content (AvgIpc) is 2.80. The van der Waals surface area contributed by atoms with Crippen LogP contribution in [0.1, 0.15) is 25.3 Å². The van der Waals surface area contributed by atoms with E-state index >= 15 is 0 Å². The molecule has 1 atom stereocenters. The molecule has 2 amide bonds. The lowest BCUT2D eigenvalue weighted by molar-refractivity contribution is -0.147. The van der Waals surface area contributed by atoms with E-state index in [1.165, 1.54) is 4.90 Å². The molecule has 20 heavy (non-hydrogen) atoms. The normalized spacial score (nSPS) is 21.8. The second kappa shape index (κ2) is 5.83. The Kier molecular flexibility index (Phi) is 4.32. The second-order valence-corrected chi connectivity index (χ2v) is 6.04. The van der Waals surface area contributed by atoms with Gasteiger partial charge in [0, 0.05) is 17.6 Å². The van der Waals surface area contributed by atoms with Gasteiger partial charge in [-0.05, 0) is 37.5 Å². The van der Waals surface area contributed by atoms with Gasteiger partial charge in [-0.15, -0.1) is 0 Å². The Balaban J connectivity index is 2.00. The summed E-state index contributed by atoms with van der Waals surface area (Å²) in [5, 5.41) is 12.1. The molecule has 1 aromatic carbocycles. The van der Waals surface area contributed by atoms with E-state index in [1.807, 2.05) is 24.3 Å². The highest BCUT2D eigenvalue weighted by Gasteiger charge is 2.45. The lowest BCUT2D eigenvalue weighted by Crippen LogP contribution is -2.53. The predicted octanol–water partition coefficient (Wildman–Crippen LogP) is 2.60. The van der Waals surface area contributed by atoms with Crippen molar-refractivity contribution in [1.29, 1.82) is 0 Å². The first-order valence-electron chi connectivity index (χ1n) is 6.47. The molecule has 1 saturated heterocycles. The molecule has 1 unspecified atom stereocenters. The summed E-state index contributed by atoms with van der Waals surface area (Å²) in [7, 11) is 0. The van der Waals surface area contributed by atoms with Crippen LogP contribution in [-0.4, -0.2) is 34.1 Å². The highest BCUT2D eigenvalue weighted by molar-refractivity contribution is 9.10. The largest absolute Gasteiger partial charge is 0.480 e. The van der Waals surface area contributed by atoms with Crippen LogP contribution in [0.15, 0.2) is 28.7 Å². The van der Waals surface area contributed by atoms with Gasteiger partial charge < -0.3 is 15.3 Å². The third kappa shape index (κ3) is 2.95. The summed E-state index contributed by atoms with van der Waals surface area (Å²) < 4.78 is 0.945. The zero-order valence-electron chi connectivity index (χ0n) is 11.2. The lowest BCUT2D eigenvalue weighted by atomic mass is 10.00. The van der Waals surface area contributed by atoms with Crippen LogP contribution >= 0.6 is 15.9 Å². The minimum Gasteiger partial charge on any atom is -0.480 e. The summed E-state index contributed by atoms with van der Waals surface area (Å²) in [5.41, 5.74) is -0.134. The number of aliphatic carboxylic acids is 1. The maximum absolute atomic E-state index is 12.2. The number of halogens is 1. The van der Waals surface area contributed by atoms with Crippen LogP contribution in [0.3, 0.4) is 0 Å².